The summed E-state index contributed by atoms with van der Waals surface area (Å²) < 4.78 is 0. The highest BCUT2D eigenvalue weighted by atomic mass is 32.1. The first-order valence-electron chi connectivity index (χ1n) is 5.10. The van der Waals surface area contributed by atoms with Crippen LogP contribution in [0.15, 0.2) is 35.7 Å². The number of carbonyl (C=O) groups is 1. The van der Waals surface area contributed by atoms with E-state index in [1.165, 1.54) is 0 Å². The van der Waals surface area contributed by atoms with Gasteiger partial charge in [0.2, 0.25) is 5.01 Å². The maximum absolute atomic E-state index is 10.7. The average molecular weight is 248 g/mol. The maximum Gasteiger partial charge on any atom is 0.365 e. The molecule has 88 valence electrons. The van der Waals surface area contributed by atoms with Gasteiger partial charge in [0.25, 0.3) is 0 Å². The highest BCUT2D eigenvalue weighted by Crippen LogP contribution is 2.16. The molecule has 0 aliphatic rings. The summed E-state index contributed by atoms with van der Waals surface area (Å²) in [4.78, 5) is 16.8. The fourth-order valence-electron chi connectivity index (χ4n) is 1.49. The van der Waals surface area contributed by atoms with Crippen LogP contribution in [-0.4, -0.2) is 23.1 Å². The summed E-state index contributed by atoms with van der Waals surface area (Å²) in [6.07, 6.45) is 0. The minimum atomic E-state index is -0.969. The van der Waals surface area contributed by atoms with Crippen molar-refractivity contribution in [3.8, 4) is 0 Å². The first-order chi connectivity index (χ1) is 8.16. The predicted molar refractivity (Wildman–Crippen MR) is 67.6 cm³/mol. The zero-order valence-electron chi connectivity index (χ0n) is 9.33. The molecule has 1 N–H and O–H groups in total. The Kier molecular flexibility index (Phi) is 3.39. The summed E-state index contributed by atoms with van der Waals surface area (Å²) >= 11 is 1.16. The van der Waals surface area contributed by atoms with Gasteiger partial charge >= 0.3 is 5.97 Å². The Balaban J connectivity index is 2.08. The number of hydrogen-bond donors (Lipinski definition) is 1. The number of aromatic nitrogens is 1. The van der Waals surface area contributed by atoms with Crippen LogP contribution in [0.4, 0.5) is 5.69 Å². The van der Waals surface area contributed by atoms with Gasteiger partial charge in [0.15, 0.2) is 0 Å². The van der Waals surface area contributed by atoms with E-state index in [4.69, 9.17) is 5.11 Å². The fourth-order valence-corrected chi connectivity index (χ4v) is 2.14. The molecule has 0 saturated heterocycles. The van der Waals surface area contributed by atoms with E-state index in [1.54, 1.807) is 5.38 Å². The summed E-state index contributed by atoms with van der Waals surface area (Å²) in [7, 11) is 1.95. The quantitative estimate of drug-likeness (QED) is 0.903. The first-order valence-corrected chi connectivity index (χ1v) is 5.98. The van der Waals surface area contributed by atoms with Crippen LogP contribution in [0.1, 0.15) is 15.5 Å². The Morgan fingerprint density at radius 3 is 2.71 bits per heavy atom. The zero-order valence-corrected chi connectivity index (χ0v) is 10.1. The van der Waals surface area contributed by atoms with Crippen LogP contribution in [0, 0.1) is 0 Å². The molecule has 17 heavy (non-hydrogen) atoms. The van der Waals surface area contributed by atoms with Gasteiger partial charge in [-0.2, -0.15) is 0 Å². The lowest BCUT2D eigenvalue weighted by Gasteiger charge is -2.17. The highest BCUT2D eigenvalue weighted by molar-refractivity contribution is 7.11. The van der Waals surface area contributed by atoms with E-state index in [2.05, 4.69) is 4.98 Å². The Morgan fingerprint density at radius 2 is 2.12 bits per heavy atom. The smallest absolute Gasteiger partial charge is 0.365 e. The van der Waals surface area contributed by atoms with Gasteiger partial charge in [-0.05, 0) is 12.1 Å². The largest absolute Gasteiger partial charge is 0.476 e. The Labute approximate surface area is 103 Å². The molecule has 0 fully saturated rings. The van der Waals surface area contributed by atoms with Crippen molar-refractivity contribution < 1.29 is 9.90 Å². The number of carboxylic acid groups (broad SMARTS) is 1. The first kappa shape index (κ1) is 11.6. The second-order valence-corrected chi connectivity index (χ2v) is 4.50. The van der Waals surface area contributed by atoms with E-state index in [-0.39, 0.29) is 5.01 Å². The number of benzene rings is 1. The molecular weight excluding hydrogens is 236 g/mol. The minimum absolute atomic E-state index is 0.140. The van der Waals surface area contributed by atoms with Crippen molar-refractivity contribution in [3.63, 3.8) is 0 Å². The molecule has 2 aromatic rings. The predicted octanol–water partition coefficient (Wildman–Crippen LogP) is 2.48. The number of para-hydroxylation sites is 1. The van der Waals surface area contributed by atoms with Crippen LogP contribution in [0.5, 0.6) is 0 Å². The van der Waals surface area contributed by atoms with Gasteiger partial charge in [-0.3, -0.25) is 0 Å². The summed E-state index contributed by atoms with van der Waals surface area (Å²) in [5.74, 6) is -0.969. The number of thiazole rings is 1. The third kappa shape index (κ3) is 2.82. The molecule has 1 heterocycles. The lowest BCUT2D eigenvalue weighted by molar-refractivity contribution is 0.0696. The van der Waals surface area contributed by atoms with Crippen molar-refractivity contribution in [3.05, 3.63) is 46.4 Å². The van der Waals surface area contributed by atoms with Crippen LogP contribution in [0.2, 0.25) is 0 Å². The molecule has 0 unspecified atom stereocenters. The summed E-state index contributed by atoms with van der Waals surface area (Å²) in [6.45, 7) is 0.605. The Morgan fingerprint density at radius 1 is 1.41 bits per heavy atom. The van der Waals surface area contributed by atoms with Crippen molar-refractivity contribution >= 4 is 23.0 Å². The molecule has 1 aromatic carbocycles. The van der Waals surface area contributed by atoms with Crippen LogP contribution in [-0.2, 0) is 6.54 Å². The van der Waals surface area contributed by atoms with Gasteiger partial charge in [0.1, 0.15) is 0 Å². The lowest BCUT2D eigenvalue weighted by atomic mass is 10.3. The van der Waals surface area contributed by atoms with Gasteiger partial charge < -0.3 is 10.0 Å². The molecule has 1 aromatic heterocycles. The molecule has 0 amide bonds. The van der Waals surface area contributed by atoms with E-state index in [0.717, 1.165) is 22.7 Å². The van der Waals surface area contributed by atoms with Gasteiger partial charge in [-0.1, -0.05) is 18.2 Å². The van der Waals surface area contributed by atoms with Crippen molar-refractivity contribution in [1.82, 2.24) is 4.98 Å². The number of rotatable bonds is 4. The van der Waals surface area contributed by atoms with Gasteiger partial charge in [0, 0.05) is 18.1 Å². The molecule has 0 aliphatic carbocycles. The molecule has 0 spiro atoms. The van der Waals surface area contributed by atoms with Crippen molar-refractivity contribution in [2.45, 2.75) is 6.54 Å². The average Bonchev–Trinajstić information content (AvgIpc) is 2.79. The van der Waals surface area contributed by atoms with Crippen molar-refractivity contribution in [2.75, 3.05) is 11.9 Å². The van der Waals surface area contributed by atoms with Crippen molar-refractivity contribution in [1.29, 1.82) is 0 Å². The van der Waals surface area contributed by atoms with Gasteiger partial charge in [-0.15, -0.1) is 11.3 Å². The summed E-state index contributed by atoms with van der Waals surface area (Å²) in [5.41, 5.74) is 1.86. The molecule has 0 bridgehead atoms. The highest BCUT2D eigenvalue weighted by Gasteiger charge is 2.10. The third-order valence-corrected chi connectivity index (χ3v) is 3.21. The molecule has 0 saturated carbocycles. The second-order valence-electron chi connectivity index (χ2n) is 3.64. The Bertz CT molecular complexity index is 510. The van der Waals surface area contributed by atoms with Crippen LogP contribution in [0.3, 0.4) is 0 Å². The number of anilines is 1. The standard InChI is InChI=1S/C12H12N2O2S/c1-14(10-5-3-2-4-6-10)7-9-8-17-11(13-9)12(15)16/h2-6,8H,7H2,1H3,(H,15,16). The topological polar surface area (TPSA) is 53.4 Å². The van der Waals surface area contributed by atoms with E-state index in [0.29, 0.717) is 6.54 Å². The minimum Gasteiger partial charge on any atom is -0.476 e. The van der Waals surface area contributed by atoms with Crippen LogP contribution >= 0.6 is 11.3 Å². The molecule has 0 radical (unpaired) electrons. The number of carboxylic acids is 1. The van der Waals surface area contributed by atoms with E-state index < -0.39 is 5.97 Å². The number of aromatic carboxylic acids is 1. The molecule has 0 aliphatic heterocycles. The molecule has 2 rings (SSSR count). The maximum atomic E-state index is 10.7. The number of hydrogen-bond acceptors (Lipinski definition) is 4. The summed E-state index contributed by atoms with van der Waals surface area (Å²) in [6, 6.07) is 9.91. The van der Waals surface area contributed by atoms with E-state index >= 15 is 0 Å². The summed E-state index contributed by atoms with van der Waals surface area (Å²) in [5, 5.41) is 10.7. The van der Waals surface area contributed by atoms with Gasteiger partial charge in [0.05, 0.1) is 12.2 Å². The molecule has 0 atom stereocenters. The van der Waals surface area contributed by atoms with Crippen LogP contribution in [0.25, 0.3) is 0 Å². The third-order valence-electron chi connectivity index (χ3n) is 2.33. The van der Waals surface area contributed by atoms with Crippen molar-refractivity contribution in [2.24, 2.45) is 0 Å². The van der Waals surface area contributed by atoms with Gasteiger partial charge in [-0.25, -0.2) is 9.78 Å². The molecule has 5 heteroatoms. The lowest BCUT2D eigenvalue weighted by Crippen LogP contribution is -2.16. The number of nitrogens with zero attached hydrogens (tertiary/aromatic N) is 2. The van der Waals surface area contributed by atoms with E-state index in [9.17, 15) is 4.79 Å². The second kappa shape index (κ2) is 4.97. The SMILES string of the molecule is CN(Cc1csc(C(=O)O)n1)c1ccccc1. The Hall–Kier alpha value is -1.88. The molecule has 4 nitrogen and oxygen atoms in total. The monoisotopic (exact) mass is 248 g/mol. The van der Waals surface area contributed by atoms with Crippen LogP contribution < -0.4 is 4.90 Å². The zero-order chi connectivity index (χ0) is 12.3. The van der Waals surface area contributed by atoms with E-state index in [1.807, 2.05) is 42.3 Å². The molecular formula is C12H12N2O2S. The fraction of sp³-hybridized carbons (Fsp3) is 0.167. The normalized spacial score (nSPS) is 10.2.